The Kier molecular flexibility index (Phi) is 5.99. The second-order valence-electron chi connectivity index (χ2n) is 5.99. The van der Waals surface area contributed by atoms with Crippen LogP contribution in [0.15, 0.2) is 60.9 Å². The van der Waals surface area contributed by atoms with Crippen molar-refractivity contribution in [1.82, 2.24) is 15.3 Å². The summed E-state index contributed by atoms with van der Waals surface area (Å²) in [7, 11) is 0. The van der Waals surface area contributed by atoms with Crippen molar-refractivity contribution in [3.05, 3.63) is 77.6 Å². The Morgan fingerprint density at radius 3 is 2.41 bits per heavy atom. The predicted molar refractivity (Wildman–Crippen MR) is 105 cm³/mol. The minimum absolute atomic E-state index is 0.203. The van der Waals surface area contributed by atoms with Gasteiger partial charge in [0.25, 0.3) is 5.91 Å². The molecule has 1 aromatic heterocycles. The number of nitrogens with one attached hydrogen (secondary N) is 2. The molecular formula is C21H22N4O2. The molecule has 2 N–H and O–H groups in total. The van der Waals surface area contributed by atoms with E-state index in [1.807, 2.05) is 62.4 Å². The quantitative estimate of drug-likeness (QED) is 0.667. The van der Waals surface area contributed by atoms with Crippen LogP contribution in [0.2, 0.25) is 0 Å². The number of aromatic nitrogens is 2. The fourth-order valence-electron chi connectivity index (χ4n) is 2.53. The van der Waals surface area contributed by atoms with Crippen LogP contribution in [0.5, 0.6) is 5.75 Å². The van der Waals surface area contributed by atoms with Crippen molar-refractivity contribution < 1.29 is 9.53 Å². The van der Waals surface area contributed by atoms with Crippen molar-refractivity contribution >= 4 is 17.5 Å². The number of benzene rings is 2. The molecule has 0 aliphatic rings. The van der Waals surface area contributed by atoms with E-state index in [1.54, 1.807) is 0 Å². The highest BCUT2D eigenvalue weighted by molar-refractivity contribution is 5.93. The van der Waals surface area contributed by atoms with Crippen LogP contribution in [0.3, 0.4) is 0 Å². The molecule has 0 bridgehead atoms. The maximum atomic E-state index is 12.3. The van der Waals surface area contributed by atoms with E-state index >= 15 is 0 Å². The smallest absolute Gasteiger partial charge is 0.254 e. The fraction of sp³-hybridized carbons (Fsp3) is 0.190. The molecule has 0 atom stereocenters. The van der Waals surface area contributed by atoms with Crippen LogP contribution in [0.1, 0.15) is 28.4 Å². The number of hydrogen-bond acceptors (Lipinski definition) is 5. The van der Waals surface area contributed by atoms with Gasteiger partial charge in [-0.15, -0.1) is 0 Å². The van der Waals surface area contributed by atoms with Gasteiger partial charge in [-0.1, -0.05) is 24.3 Å². The Morgan fingerprint density at radius 1 is 1.04 bits per heavy atom. The maximum absolute atomic E-state index is 12.3. The van der Waals surface area contributed by atoms with Gasteiger partial charge in [0, 0.05) is 24.6 Å². The Bertz CT molecular complexity index is 893. The van der Waals surface area contributed by atoms with Gasteiger partial charge in [0.15, 0.2) is 0 Å². The molecule has 0 fully saturated rings. The van der Waals surface area contributed by atoms with Gasteiger partial charge in [-0.3, -0.25) is 4.79 Å². The summed E-state index contributed by atoms with van der Waals surface area (Å²) in [6, 6.07) is 15.5. The van der Waals surface area contributed by atoms with E-state index in [9.17, 15) is 4.79 Å². The van der Waals surface area contributed by atoms with Crippen LogP contribution in [0.4, 0.5) is 11.6 Å². The van der Waals surface area contributed by atoms with Gasteiger partial charge in [0.1, 0.15) is 5.75 Å². The standard InChI is InChI=1S/C21H22N4O2/c1-3-27-19-10-8-18(9-11-19)25-21-23-13-17(14-24-21)20(26)22-12-16-7-5-4-6-15(16)2/h4-11,13-14H,3,12H2,1-2H3,(H,22,26)(H,23,24,25). The van der Waals surface area contributed by atoms with Gasteiger partial charge >= 0.3 is 0 Å². The number of nitrogens with zero attached hydrogens (tertiary/aromatic N) is 2. The second kappa shape index (κ2) is 8.80. The Hall–Kier alpha value is -3.41. The minimum atomic E-state index is -0.203. The third-order valence-corrected chi connectivity index (χ3v) is 4.04. The largest absolute Gasteiger partial charge is 0.494 e. The summed E-state index contributed by atoms with van der Waals surface area (Å²) in [6.07, 6.45) is 3.02. The molecule has 3 aromatic rings. The van der Waals surface area contributed by atoms with Crippen LogP contribution < -0.4 is 15.4 Å². The molecule has 0 saturated heterocycles. The molecular weight excluding hydrogens is 340 g/mol. The molecule has 0 unspecified atom stereocenters. The molecule has 0 aliphatic carbocycles. The molecule has 1 amide bonds. The van der Waals surface area contributed by atoms with Gasteiger partial charge in [-0.2, -0.15) is 0 Å². The van der Waals surface area contributed by atoms with E-state index in [-0.39, 0.29) is 5.91 Å². The van der Waals surface area contributed by atoms with E-state index in [4.69, 9.17) is 4.74 Å². The van der Waals surface area contributed by atoms with Crippen LogP contribution in [0, 0.1) is 6.92 Å². The number of aryl methyl sites for hydroxylation is 1. The molecule has 2 aromatic carbocycles. The second-order valence-corrected chi connectivity index (χ2v) is 5.99. The number of ether oxygens (including phenoxy) is 1. The maximum Gasteiger partial charge on any atom is 0.254 e. The average Bonchev–Trinajstić information content (AvgIpc) is 2.69. The summed E-state index contributed by atoms with van der Waals surface area (Å²) in [6.45, 7) is 5.06. The number of hydrogen-bond donors (Lipinski definition) is 2. The first-order valence-electron chi connectivity index (χ1n) is 8.80. The van der Waals surface area contributed by atoms with Crippen molar-refractivity contribution in [3.63, 3.8) is 0 Å². The molecule has 0 radical (unpaired) electrons. The molecule has 0 aliphatic heterocycles. The number of carbonyl (C=O) groups is 1. The lowest BCUT2D eigenvalue weighted by Crippen LogP contribution is -2.23. The average molecular weight is 362 g/mol. The summed E-state index contributed by atoms with van der Waals surface area (Å²) in [5, 5.41) is 5.99. The lowest BCUT2D eigenvalue weighted by atomic mass is 10.1. The highest BCUT2D eigenvalue weighted by Crippen LogP contribution is 2.18. The van der Waals surface area contributed by atoms with E-state index < -0.39 is 0 Å². The highest BCUT2D eigenvalue weighted by Gasteiger charge is 2.08. The van der Waals surface area contributed by atoms with Crippen molar-refractivity contribution in [2.24, 2.45) is 0 Å². The van der Waals surface area contributed by atoms with E-state index in [0.29, 0.717) is 24.7 Å². The molecule has 6 nitrogen and oxygen atoms in total. The summed E-state index contributed by atoms with van der Waals surface area (Å²) in [5.74, 6) is 1.03. The molecule has 0 saturated carbocycles. The first kappa shape index (κ1) is 18.4. The summed E-state index contributed by atoms with van der Waals surface area (Å²) < 4.78 is 5.41. The summed E-state index contributed by atoms with van der Waals surface area (Å²) in [4.78, 5) is 20.7. The van der Waals surface area contributed by atoms with Gasteiger partial charge in [-0.05, 0) is 49.2 Å². The molecule has 0 spiro atoms. The lowest BCUT2D eigenvalue weighted by molar-refractivity contribution is 0.0950. The SMILES string of the molecule is CCOc1ccc(Nc2ncc(C(=O)NCc3ccccc3C)cn2)cc1. The van der Waals surface area contributed by atoms with Crippen LogP contribution >= 0.6 is 0 Å². The third kappa shape index (κ3) is 5.04. The zero-order chi connectivity index (χ0) is 19.1. The Balaban J connectivity index is 1.57. The highest BCUT2D eigenvalue weighted by atomic mass is 16.5. The minimum Gasteiger partial charge on any atom is -0.494 e. The lowest BCUT2D eigenvalue weighted by Gasteiger charge is -2.09. The first-order valence-corrected chi connectivity index (χ1v) is 8.80. The van der Waals surface area contributed by atoms with Crippen molar-refractivity contribution in [1.29, 1.82) is 0 Å². The van der Waals surface area contributed by atoms with Gasteiger partial charge in [0.05, 0.1) is 12.2 Å². The van der Waals surface area contributed by atoms with Crippen LogP contribution in [0.25, 0.3) is 0 Å². The summed E-state index contributed by atoms with van der Waals surface area (Å²) in [5.41, 5.74) is 3.49. The predicted octanol–water partition coefficient (Wildman–Crippen LogP) is 3.86. The van der Waals surface area contributed by atoms with Crippen molar-refractivity contribution in [2.45, 2.75) is 20.4 Å². The van der Waals surface area contributed by atoms with Gasteiger partial charge in [0.2, 0.25) is 5.95 Å². The van der Waals surface area contributed by atoms with E-state index in [2.05, 4.69) is 20.6 Å². The third-order valence-electron chi connectivity index (χ3n) is 4.04. The molecule has 1 heterocycles. The summed E-state index contributed by atoms with van der Waals surface area (Å²) >= 11 is 0. The first-order chi connectivity index (χ1) is 13.2. The molecule has 3 rings (SSSR count). The molecule has 6 heteroatoms. The Labute approximate surface area is 158 Å². The normalized spacial score (nSPS) is 10.3. The zero-order valence-corrected chi connectivity index (χ0v) is 15.4. The number of anilines is 2. The fourth-order valence-corrected chi connectivity index (χ4v) is 2.53. The Morgan fingerprint density at radius 2 is 1.74 bits per heavy atom. The van der Waals surface area contributed by atoms with E-state index in [1.165, 1.54) is 12.4 Å². The van der Waals surface area contributed by atoms with Gasteiger partial charge < -0.3 is 15.4 Å². The number of amides is 1. The number of carbonyl (C=O) groups excluding carboxylic acids is 1. The monoisotopic (exact) mass is 362 g/mol. The van der Waals surface area contributed by atoms with Crippen LogP contribution in [-0.2, 0) is 6.54 Å². The van der Waals surface area contributed by atoms with Gasteiger partial charge in [-0.25, -0.2) is 9.97 Å². The zero-order valence-electron chi connectivity index (χ0n) is 15.4. The van der Waals surface area contributed by atoms with E-state index in [0.717, 1.165) is 22.6 Å². The number of rotatable bonds is 7. The van der Waals surface area contributed by atoms with Crippen molar-refractivity contribution in [3.8, 4) is 5.75 Å². The molecule has 27 heavy (non-hydrogen) atoms. The van der Waals surface area contributed by atoms with Crippen LogP contribution in [-0.4, -0.2) is 22.5 Å². The van der Waals surface area contributed by atoms with Crippen molar-refractivity contribution in [2.75, 3.05) is 11.9 Å². The topological polar surface area (TPSA) is 76.1 Å². The molecule has 138 valence electrons.